The quantitative estimate of drug-likeness (QED) is 0.767. The fourth-order valence-electron chi connectivity index (χ4n) is 1.27. The van der Waals surface area contributed by atoms with E-state index in [-0.39, 0.29) is 0 Å². The van der Waals surface area contributed by atoms with Gasteiger partial charge in [-0.2, -0.15) is 0 Å². The fraction of sp³-hybridized carbons (Fsp3) is 0.273. The third kappa shape index (κ3) is 2.56. The Kier molecular flexibility index (Phi) is 3.44. The van der Waals surface area contributed by atoms with Gasteiger partial charge in [-0.25, -0.2) is 9.69 Å². The molecule has 15 heavy (non-hydrogen) atoms. The normalized spacial score (nSPS) is 10.1. The van der Waals surface area contributed by atoms with Crippen LogP contribution < -0.4 is 10.6 Å². The van der Waals surface area contributed by atoms with E-state index in [0.29, 0.717) is 18.0 Å². The molecule has 0 radical (unpaired) electrons. The van der Waals surface area contributed by atoms with Gasteiger partial charge in [-0.15, -0.1) is 0 Å². The summed E-state index contributed by atoms with van der Waals surface area (Å²) in [7, 11) is 0. The van der Waals surface area contributed by atoms with E-state index >= 15 is 0 Å². The van der Waals surface area contributed by atoms with Crippen molar-refractivity contribution < 1.29 is 9.59 Å². The molecule has 0 aliphatic carbocycles. The van der Waals surface area contributed by atoms with Crippen molar-refractivity contribution in [2.75, 3.05) is 4.90 Å². The highest BCUT2D eigenvalue weighted by atomic mass is 16.2. The number of carbonyl (C=O) groups is 2. The molecule has 0 atom stereocenters. The molecule has 0 saturated carbocycles. The van der Waals surface area contributed by atoms with E-state index < -0.39 is 6.03 Å². The zero-order valence-corrected chi connectivity index (χ0v) is 8.81. The molecule has 0 aliphatic heterocycles. The number of hydrogen-bond acceptors (Lipinski definition) is 2. The lowest BCUT2D eigenvalue weighted by atomic mass is 10.0. The van der Waals surface area contributed by atoms with Crippen molar-refractivity contribution in [1.29, 1.82) is 0 Å². The average Bonchev–Trinajstić information content (AvgIpc) is 2.18. The van der Waals surface area contributed by atoms with E-state index in [9.17, 15) is 9.59 Å². The molecular weight excluding hydrogens is 192 g/mol. The molecule has 0 aromatic heterocycles. The van der Waals surface area contributed by atoms with Gasteiger partial charge in [-0.1, -0.05) is 26.0 Å². The summed E-state index contributed by atoms with van der Waals surface area (Å²) in [5, 5.41) is 0. The lowest BCUT2D eigenvalue weighted by Gasteiger charge is -2.14. The summed E-state index contributed by atoms with van der Waals surface area (Å²) in [6, 6.07) is 6.42. The Morgan fingerprint density at radius 2 is 2.13 bits per heavy atom. The molecule has 1 aromatic rings. The van der Waals surface area contributed by atoms with Crippen molar-refractivity contribution in [2.45, 2.75) is 19.8 Å². The molecule has 0 bridgehead atoms. The fourth-order valence-corrected chi connectivity index (χ4v) is 1.27. The number of imide groups is 1. The first kappa shape index (κ1) is 11.2. The minimum absolute atomic E-state index is 0.339. The molecule has 4 nitrogen and oxygen atoms in total. The molecule has 1 aromatic carbocycles. The Morgan fingerprint density at radius 3 is 2.60 bits per heavy atom. The highest BCUT2D eigenvalue weighted by Crippen LogP contribution is 2.20. The maximum Gasteiger partial charge on any atom is 0.325 e. The Morgan fingerprint density at radius 1 is 1.47 bits per heavy atom. The molecule has 80 valence electrons. The van der Waals surface area contributed by atoms with Crippen molar-refractivity contribution in [3.05, 3.63) is 29.8 Å². The zero-order valence-electron chi connectivity index (χ0n) is 8.81. The summed E-state index contributed by atoms with van der Waals surface area (Å²) < 4.78 is 0. The van der Waals surface area contributed by atoms with Crippen molar-refractivity contribution in [1.82, 2.24) is 0 Å². The van der Waals surface area contributed by atoms with Crippen molar-refractivity contribution >= 4 is 18.1 Å². The lowest BCUT2D eigenvalue weighted by Crippen LogP contribution is -2.34. The van der Waals surface area contributed by atoms with Gasteiger partial charge in [0.2, 0.25) is 6.41 Å². The van der Waals surface area contributed by atoms with Gasteiger partial charge in [0.15, 0.2) is 0 Å². The summed E-state index contributed by atoms with van der Waals surface area (Å²) in [5.41, 5.74) is 6.62. The first-order valence-corrected chi connectivity index (χ1v) is 4.70. The van der Waals surface area contributed by atoms with E-state index in [1.54, 1.807) is 18.2 Å². The van der Waals surface area contributed by atoms with Crippen LogP contribution in [0.3, 0.4) is 0 Å². The predicted octanol–water partition coefficient (Wildman–Crippen LogP) is 1.85. The smallest absolute Gasteiger partial charge is 0.325 e. The third-order valence-electron chi connectivity index (χ3n) is 2.16. The minimum atomic E-state index is -0.772. The van der Waals surface area contributed by atoms with E-state index in [2.05, 4.69) is 0 Å². The molecule has 0 spiro atoms. The molecule has 3 amide bonds. The number of hydrogen-bond donors (Lipinski definition) is 1. The molecule has 1 rings (SSSR count). The summed E-state index contributed by atoms with van der Waals surface area (Å²) in [6.07, 6.45) is 0.418. The maximum atomic E-state index is 10.9. The molecular formula is C11H14N2O2. The van der Waals surface area contributed by atoms with E-state index in [4.69, 9.17) is 5.73 Å². The van der Waals surface area contributed by atoms with Crippen LogP contribution in [0, 0.1) is 0 Å². The van der Waals surface area contributed by atoms with E-state index in [1.807, 2.05) is 19.9 Å². The Balaban J connectivity index is 3.08. The van der Waals surface area contributed by atoms with Crippen LogP contribution >= 0.6 is 0 Å². The third-order valence-corrected chi connectivity index (χ3v) is 2.16. The SMILES string of the molecule is CC(C)c1cccc(N(C=O)C(N)=O)c1. The predicted molar refractivity (Wildman–Crippen MR) is 58.7 cm³/mol. The molecule has 0 fully saturated rings. The summed E-state index contributed by atoms with van der Waals surface area (Å²) in [5.74, 6) is 0.339. The summed E-state index contributed by atoms with van der Waals surface area (Å²) in [6.45, 7) is 4.07. The van der Waals surface area contributed by atoms with Crippen LogP contribution in [0.5, 0.6) is 0 Å². The van der Waals surface area contributed by atoms with Gasteiger partial charge in [-0.3, -0.25) is 4.79 Å². The number of nitrogens with two attached hydrogens (primary N) is 1. The molecule has 4 heteroatoms. The highest BCUT2D eigenvalue weighted by Gasteiger charge is 2.11. The van der Waals surface area contributed by atoms with Gasteiger partial charge in [0.1, 0.15) is 0 Å². The monoisotopic (exact) mass is 206 g/mol. The van der Waals surface area contributed by atoms with Gasteiger partial charge in [-0.05, 0) is 23.6 Å². The average molecular weight is 206 g/mol. The topological polar surface area (TPSA) is 63.4 Å². The second-order valence-electron chi connectivity index (χ2n) is 3.56. The van der Waals surface area contributed by atoms with Crippen LogP contribution in [0.2, 0.25) is 0 Å². The van der Waals surface area contributed by atoms with Crippen LogP contribution in [-0.4, -0.2) is 12.4 Å². The minimum Gasteiger partial charge on any atom is -0.351 e. The largest absolute Gasteiger partial charge is 0.351 e. The van der Waals surface area contributed by atoms with Gasteiger partial charge in [0, 0.05) is 0 Å². The van der Waals surface area contributed by atoms with Gasteiger partial charge >= 0.3 is 6.03 Å². The number of primary amides is 1. The number of nitrogens with zero attached hydrogens (tertiary/aromatic N) is 1. The Labute approximate surface area is 88.7 Å². The summed E-state index contributed by atoms with van der Waals surface area (Å²) >= 11 is 0. The first-order valence-electron chi connectivity index (χ1n) is 4.70. The van der Waals surface area contributed by atoms with Crippen LogP contribution in [-0.2, 0) is 4.79 Å². The van der Waals surface area contributed by atoms with E-state index in [0.717, 1.165) is 10.5 Å². The number of anilines is 1. The Bertz CT molecular complexity index is 375. The first-order chi connectivity index (χ1) is 7.06. The molecule has 0 unspecified atom stereocenters. The number of carbonyl (C=O) groups excluding carboxylic acids is 2. The maximum absolute atomic E-state index is 10.9. The summed E-state index contributed by atoms with van der Waals surface area (Å²) in [4.78, 5) is 22.5. The second kappa shape index (κ2) is 4.59. The van der Waals surface area contributed by atoms with Crippen molar-refractivity contribution in [2.24, 2.45) is 5.73 Å². The molecule has 0 saturated heterocycles. The van der Waals surface area contributed by atoms with Crippen molar-refractivity contribution in [3.8, 4) is 0 Å². The number of urea groups is 1. The molecule has 2 N–H and O–H groups in total. The van der Waals surface area contributed by atoms with Gasteiger partial charge in [0.25, 0.3) is 0 Å². The lowest BCUT2D eigenvalue weighted by molar-refractivity contribution is -0.106. The number of rotatable bonds is 3. The zero-order chi connectivity index (χ0) is 11.4. The number of benzene rings is 1. The second-order valence-corrected chi connectivity index (χ2v) is 3.56. The van der Waals surface area contributed by atoms with Gasteiger partial charge in [0.05, 0.1) is 5.69 Å². The highest BCUT2D eigenvalue weighted by molar-refractivity contribution is 6.05. The standard InChI is InChI=1S/C11H14N2O2/c1-8(2)9-4-3-5-10(6-9)13(7-14)11(12)15/h3-8H,1-2H3,(H2,12,15). The van der Waals surface area contributed by atoms with Gasteiger partial charge < -0.3 is 5.73 Å². The molecule has 0 aliphatic rings. The van der Waals surface area contributed by atoms with E-state index in [1.165, 1.54) is 0 Å². The number of amides is 3. The van der Waals surface area contributed by atoms with Crippen LogP contribution in [0.25, 0.3) is 0 Å². The van der Waals surface area contributed by atoms with Crippen LogP contribution in [0.4, 0.5) is 10.5 Å². The molecule has 0 heterocycles. The van der Waals surface area contributed by atoms with Crippen LogP contribution in [0.1, 0.15) is 25.3 Å². The Hall–Kier alpha value is -1.84. The van der Waals surface area contributed by atoms with Crippen LogP contribution in [0.15, 0.2) is 24.3 Å². The van der Waals surface area contributed by atoms with Crippen molar-refractivity contribution in [3.63, 3.8) is 0 Å².